The topological polar surface area (TPSA) is 35.9 Å². The van der Waals surface area contributed by atoms with E-state index in [1.807, 2.05) is 0 Å². The molecule has 3 atom stereocenters. The van der Waals surface area contributed by atoms with Crippen LogP contribution >= 0.6 is 0 Å². The third-order valence-corrected chi connectivity index (χ3v) is 3.68. The summed E-state index contributed by atoms with van der Waals surface area (Å²) >= 11 is 0. The van der Waals surface area contributed by atoms with E-state index in [2.05, 4.69) is 23.9 Å². The lowest BCUT2D eigenvalue weighted by atomic mass is 10.1. The summed E-state index contributed by atoms with van der Waals surface area (Å²) in [5, 5.41) is 9.92. The van der Waals surface area contributed by atoms with Crippen LogP contribution in [0, 0.1) is 0 Å². The zero-order valence-corrected chi connectivity index (χ0v) is 9.72. The Balaban J connectivity index is 1.89. The predicted octanol–water partition coefficient (Wildman–Crippen LogP) is -0.228. The van der Waals surface area contributed by atoms with Crippen molar-refractivity contribution in [3.05, 3.63) is 0 Å². The van der Waals surface area contributed by atoms with Crippen LogP contribution in [0.2, 0.25) is 0 Å². The maximum atomic E-state index is 9.92. The largest absolute Gasteiger partial charge is 0.391 e. The second kappa shape index (κ2) is 4.78. The number of aliphatic hydroxyl groups excluding tert-OH is 1. The van der Waals surface area contributed by atoms with Gasteiger partial charge in [0, 0.05) is 25.7 Å². The van der Waals surface area contributed by atoms with Crippen molar-refractivity contribution in [2.75, 3.05) is 40.4 Å². The molecular formula is C11H22N2O2. The highest BCUT2D eigenvalue weighted by Crippen LogP contribution is 2.21. The standard InChI is InChI=1S/C11H22N2O2/c1-12(2)9-3-5-13(7-9)10-8-15-6-4-11(10)14/h9-11,14H,3-8H2,1-2H3. The zero-order valence-electron chi connectivity index (χ0n) is 9.72. The summed E-state index contributed by atoms with van der Waals surface area (Å²) < 4.78 is 5.45. The zero-order chi connectivity index (χ0) is 10.8. The second-order valence-corrected chi connectivity index (χ2v) is 4.90. The van der Waals surface area contributed by atoms with Gasteiger partial charge in [0.2, 0.25) is 0 Å². The molecule has 2 saturated heterocycles. The number of rotatable bonds is 2. The fourth-order valence-electron chi connectivity index (χ4n) is 2.55. The summed E-state index contributed by atoms with van der Waals surface area (Å²) in [5.74, 6) is 0. The summed E-state index contributed by atoms with van der Waals surface area (Å²) in [6.07, 6.45) is 1.80. The number of hydrogen-bond donors (Lipinski definition) is 1. The first-order valence-electron chi connectivity index (χ1n) is 5.85. The van der Waals surface area contributed by atoms with Crippen molar-refractivity contribution < 1.29 is 9.84 Å². The fraction of sp³-hybridized carbons (Fsp3) is 1.00. The van der Waals surface area contributed by atoms with Crippen LogP contribution in [0.4, 0.5) is 0 Å². The van der Waals surface area contributed by atoms with Crippen LogP contribution in [-0.4, -0.2) is 73.5 Å². The van der Waals surface area contributed by atoms with E-state index < -0.39 is 0 Å². The van der Waals surface area contributed by atoms with Crippen molar-refractivity contribution in [2.45, 2.75) is 31.0 Å². The molecule has 4 nitrogen and oxygen atoms in total. The number of likely N-dealkylation sites (N-methyl/N-ethyl adjacent to an activating group) is 1. The SMILES string of the molecule is CN(C)C1CCN(C2COCCC2O)C1. The lowest BCUT2D eigenvalue weighted by Gasteiger charge is -2.35. The van der Waals surface area contributed by atoms with E-state index in [9.17, 15) is 5.11 Å². The second-order valence-electron chi connectivity index (χ2n) is 4.90. The van der Waals surface area contributed by atoms with Gasteiger partial charge in [-0.2, -0.15) is 0 Å². The van der Waals surface area contributed by atoms with Crippen molar-refractivity contribution in [2.24, 2.45) is 0 Å². The Hall–Kier alpha value is -0.160. The summed E-state index contributed by atoms with van der Waals surface area (Å²) in [5.41, 5.74) is 0. The van der Waals surface area contributed by atoms with Gasteiger partial charge in [-0.25, -0.2) is 0 Å². The van der Waals surface area contributed by atoms with Gasteiger partial charge in [0.1, 0.15) is 0 Å². The molecule has 0 bridgehead atoms. The van der Waals surface area contributed by atoms with Gasteiger partial charge in [-0.3, -0.25) is 4.90 Å². The van der Waals surface area contributed by atoms with Gasteiger partial charge in [0.25, 0.3) is 0 Å². The van der Waals surface area contributed by atoms with Gasteiger partial charge in [-0.1, -0.05) is 0 Å². The Bertz CT molecular complexity index is 211. The molecule has 2 aliphatic rings. The van der Waals surface area contributed by atoms with Crippen molar-refractivity contribution in [3.8, 4) is 0 Å². The van der Waals surface area contributed by atoms with Gasteiger partial charge < -0.3 is 14.7 Å². The van der Waals surface area contributed by atoms with Crippen LogP contribution in [0.1, 0.15) is 12.8 Å². The van der Waals surface area contributed by atoms with Gasteiger partial charge >= 0.3 is 0 Å². The van der Waals surface area contributed by atoms with E-state index >= 15 is 0 Å². The normalized spacial score (nSPS) is 38.8. The minimum Gasteiger partial charge on any atom is -0.391 e. The molecular weight excluding hydrogens is 192 g/mol. The molecule has 2 heterocycles. The first-order chi connectivity index (χ1) is 7.18. The molecule has 0 saturated carbocycles. The summed E-state index contributed by atoms with van der Waals surface area (Å²) in [6, 6.07) is 0.864. The van der Waals surface area contributed by atoms with Crippen molar-refractivity contribution in [3.63, 3.8) is 0 Å². The van der Waals surface area contributed by atoms with Gasteiger partial charge in [0.05, 0.1) is 18.8 Å². The lowest BCUT2D eigenvalue weighted by Crippen LogP contribution is -2.49. The van der Waals surface area contributed by atoms with Crippen LogP contribution in [0.25, 0.3) is 0 Å². The maximum Gasteiger partial charge on any atom is 0.0739 e. The highest BCUT2D eigenvalue weighted by molar-refractivity contribution is 4.89. The molecule has 0 radical (unpaired) electrons. The van der Waals surface area contributed by atoms with Gasteiger partial charge in [0.15, 0.2) is 0 Å². The van der Waals surface area contributed by atoms with Crippen LogP contribution in [0.5, 0.6) is 0 Å². The van der Waals surface area contributed by atoms with E-state index in [1.165, 1.54) is 6.42 Å². The van der Waals surface area contributed by atoms with Gasteiger partial charge in [-0.05, 0) is 26.9 Å². The Morgan fingerprint density at radius 3 is 2.73 bits per heavy atom. The number of likely N-dealkylation sites (tertiary alicyclic amines) is 1. The lowest BCUT2D eigenvalue weighted by molar-refractivity contribution is -0.0561. The predicted molar refractivity (Wildman–Crippen MR) is 58.9 cm³/mol. The Kier molecular flexibility index (Phi) is 3.61. The van der Waals surface area contributed by atoms with Crippen LogP contribution in [-0.2, 0) is 4.74 Å². The molecule has 1 N–H and O–H groups in total. The number of aliphatic hydroxyl groups is 1. The van der Waals surface area contributed by atoms with Gasteiger partial charge in [-0.15, -0.1) is 0 Å². The molecule has 0 aromatic heterocycles. The summed E-state index contributed by atoms with van der Waals surface area (Å²) in [7, 11) is 4.25. The van der Waals surface area contributed by atoms with E-state index in [4.69, 9.17) is 4.74 Å². The molecule has 2 rings (SSSR count). The monoisotopic (exact) mass is 214 g/mol. The third-order valence-electron chi connectivity index (χ3n) is 3.68. The molecule has 4 heteroatoms. The molecule has 2 aliphatic heterocycles. The molecule has 2 fully saturated rings. The maximum absolute atomic E-state index is 9.92. The van der Waals surface area contributed by atoms with Crippen molar-refractivity contribution >= 4 is 0 Å². The first kappa shape index (κ1) is 11.3. The average molecular weight is 214 g/mol. The molecule has 0 spiro atoms. The summed E-state index contributed by atoms with van der Waals surface area (Å²) in [6.45, 7) is 3.57. The molecule has 3 unspecified atom stereocenters. The molecule has 0 amide bonds. The molecule has 0 aromatic carbocycles. The van der Waals surface area contributed by atoms with Crippen LogP contribution < -0.4 is 0 Å². The minimum absolute atomic E-state index is 0.195. The Morgan fingerprint density at radius 2 is 2.13 bits per heavy atom. The van der Waals surface area contributed by atoms with E-state index in [0.29, 0.717) is 19.3 Å². The number of nitrogens with zero attached hydrogens (tertiary/aromatic N) is 2. The van der Waals surface area contributed by atoms with E-state index in [-0.39, 0.29) is 12.1 Å². The minimum atomic E-state index is -0.195. The van der Waals surface area contributed by atoms with E-state index in [0.717, 1.165) is 19.5 Å². The highest BCUT2D eigenvalue weighted by atomic mass is 16.5. The van der Waals surface area contributed by atoms with Crippen LogP contribution in [0.3, 0.4) is 0 Å². The Labute approximate surface area is 91.8 Å². The fourth-order valence-corrected chi connectivity index (χ4v) is 2.55. The van der Waals surface area contributed by atoms with Crippen molar-refractivity contribution in [1.29, 1.82) is 0 Å². The Morgan fingerprint density at radius 1 is 1.33 bits per heavy atom. The first-order valence-corrected chi connectivity index (χ1v) is 5.85. The molecule has 15 heavy (non-hydrogen) atoms. The molecule has 0 aliphatic carbocycles. The van der Waals surface area contributed by atoms with Crippen LogP contribution in [0.15, 0.2) is 0 Å². The smallest absolute Gasteiger partial charge is 0.0739 e. The van der Waals surface area contributed by atoms with Crippen molar-refractivity contribution in [1.82, 2.24) is 9.80 Å². The summed E-state index contributed by atoms with van der Waals surface area (Å²) in [4.78, 5) is 4.66. The third kappa shape index (κ3) is 2.50. The highest BCUT2D eigenvalue weighted by Gasteiger charge is 2.34. The molecule has 88 valence electrons. The molecule has 0 aromatic rings. The number of ether oxygens (including phenoxy) is 1. The average Bonchev–Trinajstić information content (AvgIpc) is 2.67. The van der Waals surface area contributed by atoms with E-state index in [1.54, 1.807) is 0 Å². The number of hydrogen-bond acceptors (Lipinski definition) is 4. The quantitative estimate of drug-likeness (QED) is 0.689.